The number of ether oxygens (including phenoxy) is 1. The molecule has 1 atom stereocenters. The van der Waals surface area contributed by atoms with Crippen molar-refractivity contribution in [2.75, 3.05) is 6.61 Å². The predicted octanol–water partition coefficient (Wildman–Crippen LogP) is 4.08. The molecule has 0 aliphatic rings. The minimum Gasteiger partial charge on any atom is -0.493 e. The van der Waals surface area contributed by atoms with E-state index in [0.717, 1.165) is 16.9 Å². The number of nitrogens with one attached hydrogen (secondary N) is 1. The zero-order valence-electron chi connectivity index (χ0n) is 12.8. The summed E-state index contributed by atoms with van der Waals surface area (Å²) in [6.07, 6.45) is -1.05. The Labute approximate surface area is 130 Å². The SMILES string of the molecule is CC(C)COc1cccc(C(NC(=O)O)c2ccccc2)c1. The van der Waals surface area contributed by atoms with Crippen molar-refractivity contribution >= 4 is 6.09 Å². The second-order valence-electron chi connectivity index (χ2n) is 5.57. The van der Waals surface area contributed by atoms with Crippen molar-refractivity contribution in [1.29, 1.82) is 0 Å². The average Bonchev–Trinajstić information content (AvgIpc) is 2.51. The monoisotopic (exact) mass is 299 g/mol. The maximum atomic E-state index is 11.1. The molecule has 1 amide bonds. The molecule has 2 rings (SSSR count). The molecular formula is C18H21NO3. The molecule has 0 fully saturated rings. The van der Waals surface area contributed by atoms with E-state index >= 15 is 0 Å². The third-order valence-corrected chi connectivity index (χ3v) is 3.18. The van der Waals surface area contributed by atoms with Gasteiger partial charge < -0.3 is 15.2 Å². The van der Waals surface area contributed by atoms with Gasteiger partial charge in [0.05, 0.1) is 12.6 Å². The molecule has 0 saturated carbocycles. The van der Waals surface area contributed by atoms with Gasteiger partial charge in [0.25, 0.3) is 0 Å². The molecule has 0 heterocycles. The first-order valence-electron chi connectivity index (χ1n) is 7.33. The van der Waals surface area contributed by atoms with Crippen molar-refractivity contribution < 1.29 is 14.6 Å². The highest BCUT2D eigenvalue weighted by atomic mass is 16.5. The summed E-state index contributed by atoms with van der Waals surface area (Å²) in [6.45, 7) is 4.80. The summed E-state index contributed by atoms with van der Waals surface area (Å²) in [5, 5.41) is 11.7. The van der Waals surface area contributed by atoms with Crippen LogP contribution < -0.4 is 10.1 Å². The summed E-state index contributed by atoms with van der Waals surface area (Å²) >= 11 is 0. The Hall–Kier alpha value is -2.49. The molecule has 0 aromatic heterocycles. The van der Waals surface area contributed by atoms with E-state index in [0.29, 0.717) is 12.5 Å². The fraction of sp³-hybridized carbons (Fsp3) is 0.278. The third kappa shape index (κ3) is 4.52. The summed E-state index contributed by atoms with van der Waals surface area (Å²) in [6, 6.07) is 16.6. The van der Waals surface area contributed by atoms with Gasteiger partial charge >= 0.3 is 6.09 Å². The summed E-state index contributed by atoms with van der Waals surface area (Å²) in [5.74, 6) is 1.19. The van der Waals surface area contributed by atoms with Crippen LogP contribution in [0, 0.1) is 5.92 Å². The number of hydrogen-bond acceptors (Lipinski definition) is 2. The Morgan fingerprint density at radius 1 is 1.09 bits per heavy atom. The highest BCUT2D eigenvalue weighted by molar-refractivity contribution is 5.66. The van der Waals surface area contributed by atoms with Gasteiger partial charge in [0.2, 0.25) is 0 Å². The highest BCUT2D eigenvalue weighted by Gasteiger charge is 2.16. The third-order valence-electron chi connectivity index (χ3n) is 3.18. The van der Waals surface area contributed by atoms with Crippen molar-refractivity contribution in [3.8, 4) is 5.75 Å². The average molecular weight is 299 g/mol. The predicted molar refractivity (Wildman–Crippen MR) is 86.2 cm³/mol. The van der Waals surface area contributed by atoms with Gasteiger partial charge in [-0.3, -0.25) is 0 Å². The Morgan fingerprint density at radius 2 is 1.77 bits per heavy atom. The number of hydrogen-bond donors (Lipinski definition) is 2. The second-order valence-corrected chi connectivity index (χ2v) is 5.57. The lowest BCUT2D eigenvalue weighted by Gasteiger charge is -2.19. The Morgan fingerprint density at radius 3 is 2.41 bits per heavy atom. The zero-order valence-corrected chi connectivity index (χ0v) is 12.8. The van der Waals surface area contributed by atoms with E-state index in [1.54, 1.807) is 0 Å². The van der Waals surface area contributed by atoms with E-state index in [4.69, 9.17) is 9.84 Å². The van der Waals surface area contributed by atoms with E-state index in [9.17, 15) is 4.79 Å². The summed E-state index contributed by atoms with van der Waals surface area (Å²) < 4.78 is 5.72. The standard InChI is InChI=1S/C18H21NO3/c1-13(2)12-22-16-10-6-9-15(11-16)17(19-18(20)21)14-7-4-3-5-8-14/h3-11,13,17,19H,12H2,1-2H3,(H,20,21). The normalized spacial score (nSPS) is 12.0. The van der Waals surface area contributed by atoms with E-state index in [-0.39, 0.29) is 0 Å². The second kappa shape index (κ2) is 7.50. The molecule has 116 valence electrons. The van der Waals surface area contributed by atoms with Crippen LogP contribution >= 0.6 is 0 Å². The van der Waals surface area contributed by atoms with Crippen LogP contribution in [0.1, 0.15) is 31.0 Å². The van der Waals surface area contributed by atoms with Crippen LogP contribution in [0.4, 0.5) is 4.79 Å². The van der Waals surface area contributed by atoms with E-state index in [1.807, 2.05) is 54.6 Å². The summed E-state index contributed by atoms with van der Waals surface area (Å²) in [4.78, 5) is 11.1. The topological polar surface area (TPSA) is 58.6 Å². The van der Waals surface area contributed by atoms with Gasteiger partial charge in [-0.1, -0.05) is 56.3 Å². The maximum absolute atomic E-state index is 11.1. The molecule has 4 heteroatoms. The van der Waals surface area contributed by atoms with E-state index < -0.39 is 12.1 Å². The molecule has 0 aliphatic heterocycles. The van der Waals surface area contributed by atoms with Crippen LogP contribution in [0.2, 0.25) is 0 Å². The molecule has 0 saturated heterocycles. The van der Waals surface area contributed by atoms with Crippen LogP contribution in [0.5, 0.6) is 5.75 Å². The lowest BCUT2D eigenvalue weighted by atomic mass is 9.98. The van der Waals surface area contributed by atoms with Crippen LogP contribution in [0.25, 0.3) is 0 Å². The number of amides is 1. The van der Waals surface area contributed by atoms with Gasteiger partial charge in [0.1, 0.15) is 5.75 Å². The van der Waals surface area contributed by atoms with Gasteiger partial charge in [-0.2, -0.15) is 0 Å². The molecule has 22 heavy (non-hydrogen) atoms. The van der Waals surface area contributed by atoms with Gasteiger partial charge in [-0.05, 0) is 29.2 Å². The Bertz CT molecular complexity index is 611. The highest BCUT2D eigenvalue weighted by Crippen LogP contribution is 2.25. The first-order valence-corrected chi connectivity index (χ1v) is 7.33. The Kier molecular flexibility index (Phi) is 5.42. The van der Waals surface area contributed by atoms with Gasteiger partial charge in [0.15, 0.2) is 0 Å². The van der Waals surface area contributed by atoms with Gasteiger partial charge in [0, 0.05) is 0 Å². The number of benzene rings is 2. The minimum atomic E-state index is -1.05. The molecule has 1 unspecified atom stereocenters. The quantitative estimate of drug-likeness (QED) is 0.845. The van der Waals surface area contributed by atoms with E-state index in [2.05, 4.69) is 19.2 Å². The van der Waals surface area contributed by atoms with Crippen molar-refractivity contribution in [1.82, 2.24) is 5.32 Å². The van der Waals surface area contributed by atoms with Crippen LogP contribution in [-0.4, -0.2) is 17.8 Å². The largest absolute Gasteiger partial charge is 0.493 e. The molecule has 0 radical (unpaired) electrons. The zero-order chi connectivity index (χ0) is 15.9. The lowest BCUT2D eigenvalue weighted by Crippen LogP contribution is -2.27. The van der Waals surface area contributed by atoms with Crippen molar-refractivity contribution in [2.45, 2.75) is 19.9 Å². The van der Waals surface area contributed by atoms with Crippen LogP contribution in [0.3, 0.4) is 0 Å². The molecular weight excluding hydrogens is 278 g/mol. The van der Waals surface area contributed by atoms with E-state index in [1.165, 1.54) is 0 Å². The first kappa shape index (κ1) is 15.9. The fourth-order valence-electron chi connectivity index (χ4n) is 2.17. The van der Waals surface area contributed by atoms with Crippen molar-refractivity contribution in [2.24, 2.45) is 5.92 Å². The number of carbonyl (C=O) groups is 1. The van der Waals surface area contributed by atoms with Crippen LogP contribution in [-0.2, 0) is 0 Å². The van der Waals surface area contributed by atoms with Crippen molar-refractivity contribution in [3.05, 3.63) is 65.7 Å². The van der Waals surface area contributed by atoms with Gasteiger partial charge in [-0.25, -0.2) is 4.79 Å². The fourth-order valence-corrected chi connectivity index (χ4v) is 2.17. The van der Waals surface area contributed by atoms with Crippen LogP contribution in [0.15, 0.2) is 54.6 Å². The molecule has 0 spiro atoms. The minimum absolute atomic E-state index is 0.415. The summed E-state index contributed by atoms with van der Waals surface area (Å²) in [7, 11) is 0. The number of carboxylic acid groups (broad SMARTS) is 1. The molecule has 0 aliphatic carbocycles. The molecule has 4 nitrogen and oxygen atoms in total. The molecule has 0 bridgehead atoms. The number of rotatable bonds is 6. The maximum Gasteiger partial charge on any atom is 0.405 e. The molecule has 2 aromatic carbocycles. The lowest BCUT2D eigenvalue weighted by molar-refractivity contribution is 0.191. The van der Waals surface area contributed by atoms with Crippen molar-refractivity contribution in [3.63, 3.8) is 0 Å². The summed E-state index contributed by atoms with van der Waals surface area (Å²) in [5.41, 5.74) is 1.75. The Balaban J connectivity index is 2.27. The molecule has 2 N–H and O–H groups in total. The first-order chi connectivity index (χ1) is 10.6. The smallest absolute Gasteiger partial charge is 0.405 e. The molecule has 2 aromatic rings. The van der Waals surface area contributed by atoms with Gasteiger partial charge in [-0.15, -0.1) is 0 Å².